The van der Waals surface area contributed by atoms with Gasteiger partial charge in [-0.1, -0.05) is 103 Å². The summed E-state index contributed by atoms with van der Waals surface area (Å²) in [6, 6.07) is 54.2. The summed E-state index contributed by atoms with van der Waals surface area (Å²) in [6.07, 6.45) is 7.37. The normalized spacial score (nSPS) is 22.8. The Labute approximate surface area is 287 Å². The predicted molar refractivity (Wildman–Crippen MR) is 205 cm³/mol. The molecule has 1 heterocycles. The van der Waals surface area contributed by atoms with Crippen LogP contribution < -0.4 is 4.90 Å². The average Bonchev–Trinajstić information content (AvgIpc) is 3.50. The van der Waals surface area contributed by atoms with Gasteiger partial charge in [0.1, 0.15) is 0 Å². The van der Waals surface area contributed by atoms with E-state index in [-0.39, 0.29) is 0 Å². The minimum absolute atomic E-state index is 0.759. The van der Waals surface area contributed by atoms with Gasteiger partial charge in [-0.05, 0) is 132 Å². The van der Waals surface area contributed by atoms with Crippen LogP contribution in [-0.4, -0.2) is 0 Å². The van der Waals surface area contributed by atoms with Crippen LogP contribution in [0.2, 0.25) is 0 Å². The molecular formula is C46H39NS. The first kappa shape index (κ1) is 28.4. The number of hydrogen-bond acceptors (Lipinski definition) is 2. The van der Waals surface area contributed by atoms with Gasteiger partial charge in [-0.3, -0.25) is 0 Å². The Morgan fingerprint density at radius 1 is 0.417 bits per heavy atom. The maximum absolute atomic E-state index is 2.53. The Bertz CT molecular complexity index is 2220. The first-order chi connectivity index (χ1) is 23.7. The van der Waals surface area contributed by atoms with Crippen molar-refractivity contribution in [3.8, 4) is 22.3 Å². The van der Waals surface area contributed by atoms with E-state index in [1.165, 1.54) is 85.9 Å². The zero-order valence-corrected chi connectivity index (χ0v) is 28.0. The van der Waals surface area contributed by atoms with Gasteiger partial charge in [0.2, 0.25) is 0 Å². The highest BCUT2D eigenvalue weighted by atomic mass is 32.1. The van der Waals surface area contributed by atoms with Crippen molar-refractivity contribution in [1.82, 2.24) is 0 Å². The molecule has 4 fully saturated rings. The van der Waals surface area contributed by atoms with Crippen molar-refractivity contribution in [2.75, 3.05) is 4.90 Å². The van der Waals surface area contributed by atoms with Crippen LogP contribution in [0.5, 0.6) is 0 Å². The molecule has 7 aromatic rings. The summed E-state index contributed by atoms with van der Waals surface area (Å²) in [5, 5.41) is 2.66. The monoisotopic (exact) mass is 637 g/mol. The van der Waals surface area contributed by atoms with Crippen LogP contribution in [0.25, 0.3) is 42.4 Å². The number of hydrogen-bond donors (Lipinski definition) is 0. The molecule has 1 aromatic heterocycles. The van der Waals surface area contributed by atoms with E-state index in [9.17, 15) is 0 Å². The van der Waals surface area contributed by atoms with E-state index in [4.69, 9.17) is 0 Å². The first-order valence-electron chi connectivity index (χ1n) is 17.8. The second-order valence-electron chi connectivity index (χ2n) is 14.7. The fourth-order valence-corrected chi connectivity index (χ4v) is 11.1. The van der Waals surface area contributed by atoms with E-state index in [2.05, 4.69) is 150 Å². The largest absolute Gasteiger partial charge is 0.310 e. The van der Waals surface area contributed by atoms with E-state index < -0.39 is 0 Å². The Morgan fingerprint density at radius 2 is 0.979 bits per heavy atom. The molecule has 0 radical (unpaired) electrons. The molecule has 4 bridgehead atoms. The van der Waals surface area contributed by atoms with Gasteiger partial charge in [-0.2, -0.15) is 0 Å². The van der Waals surface area contributed by atoms with Crippen LogP contribution >= 0.6 is 11.3 Å². The molecular weight excluding hydrogens is 599 g/mol. The van der Waals surface area contributed by atoms with Crippen molar-refractivity contribution >= 4 is 48.6 Å². The SMILES string of the molecule is c1ccc(-c2ccc(N(c3ccc(-c4cccc(C5C6CC7CC(C6)CC5C7)c4)cc3)c3ccc4c(c3)sc3ccccc34)cc2)cc1. The third kappa shape index (κ3) is 4.89. The van der Waals surface area contributed by atoms with E-state index in [1.54, 1.807) is 5.56 Å². The van der Waals surface area contributed by atoms with Gasteiger partial charge < -0.3 is 4.90 Å². The summed E-state index contributed by atoms with van der Waals surface area (Å²) in [7, 11) is 0. The molecule has 0 N–H and O–H groups in total. The number of rotatable bonds is 6. The summed E-state index contributed by atoms with van der Waals surface area (Å²) in [5.41, 5.74) is 10.2. The first-order valence-corrected chi connectivity index (χ1v) is 18.6. The highest BCUT2D eigenvalue weighted by molar-refractivity contribution is 7.25. The van der Waals surface area contributed by atoms with Gasteiger partial charge in [-0.15, -0.1) is 11.3 Å². The van der Waals surface area contributed by atoms with Crippen LogP contribution in [0, 0.1) is 23.7 Å². The Balaban J connectivity index is 1.01. The van der Waals surface area contributed by atoms with Gasteiger partial charge in [0.15, 0.2) is 0 Å². The molecule has 0 spiro atoms. The molecule has 4 aliphatic rings. The molecule has 0 amide bonds. The Morgan fingerprint density at radius 3 is 1.69 bits per heavy atom. The summed E-state index contributed by atoms with van der Waals surface area (Å²) in [6.45, 7) is 0. The summed E-state index contributed by atoms with van der Waals surface area (Å²) >= 11 is 1.88. The molecule has 6 aromatic carbocycles. The van der Waals surface area contributed by atoms with Crippen molar-refractivity contribution < 1.29 is 0 Å². The summed E-state index contributed by atoms with van der Waals surface area (Å²) in [5.74, 6) is 4.58. The minimum Gasteiger partial charge on any atom is -0.310 e. The van der Waals surface area contributed by atoms with Crippen LogP contribution in [0.15, 0.2) is 146 Å². The fourth-order valence-electron chi connectivity index (χ4n) is 9.93. The van der Waals surface area contributed by atoms with E-state index in [0.29, 0.717) is 0 Å². The highest BCUT2D eigenvalue weighted by Gasteiger charge is 2.48. The van der Waals surface area contributed by atoms with Crippen molar-refractivity contribution in [3.05, 3.63) is 151 Å². The summed E-state index contributed by atoms with van der Waals surface area (Å²) in [4.78, 5) is 2.41. The number of anilines is 3. The quantitative estimate of drug-likeness (QED) is 0.175. The number of nitrogens with zero attached hydrogens (tertiary/aromatic N) is 1. The molecule has 0 unspecified atom stereocenters. The van der Waals surface area contributed by atoms with E-state index in [0.717, 1.165) is 35.3 Å². The fraction of sp³-hybridized carbons (Fsp3) is 0.217. The predicted octanol–water partition coefficient (Wildman–Crippen LogP) is 13.4. The molecule has 48 heavy (non-hydrogen) atoms. The van der Waals surface area contributed by atoms with Crippen LogP contribution in [0.1, 0.15) is 43.6 Å². The van der Waals surface area contributed by atoms with Gasteiger partial charge in [0.25, 0.3) is 0 Å². The lowest BCUT2D eigenvalue weighted by Gasteiger charge is -2.54. The second kappa shape index (κ2) is 11.5. The molecule has 11 rings (SSSR count). The molecule has 1 nitrogen and oxygen atoms in total. The van der Waals surface area contributed by atoms with Crippen molar-refractivity contribution in [2.24, 2.45) is 23.7 Å². The zero-order valence-electron chi connectivity index (χ0n) is 27.1. The molecule has 0 aliphatic heterocycles. The standard InChI is InChI=1S/C46H39NS/c1-2-7-32(8-3-1)33-13-17-39(18-14-33)47(41-21-22-43-42-11-4-5-12-44(42)48-45(43)29-41)40-19-15-34(16-20-40)35-9-6-10-36(28-35)46-37-24-30-23-31(26-37)27-38(46)25-30/h1-22,28-31,37-38,46H,23-27H2. The molecule has 4 saturated carbocycles. The van der Waals surface area contributed by atoms with Gasteiger partial charge in [0, 0.05) is 37.2 Å². The maximum Gasteiger partial charge on any atom is 0.0476 e. The minimum atomic E-state index is 0.759. The van der Waals surface area contributed by atoms with Crippen LogP contribution in [0.3, 0.4) is 0 Å². The highest BCUT2D eigenvalue weighted by Crippen LogP contribution is 2.60. The van der Waals surface area contributed by atoms with Gasteiger partial charge in [-0.25, -0.2) is 0 Å². The van der Waals surface area contributed by atoms with Crippen molar-refractivity contribution in [2.45, 2.75) is 38.0 Å². The lowest BCUT2D eigenvalue weighted by Crippen LogP contribution is -2.43. The lowest BCUT2D eigenvalue weighted by atomic mass is 9.50. The second-order valence-corrected chi connectivity index (χ2v) is 15.7. The smallest absolute Gasteiger partial charge is 0.0476 e. The number of benzene rings is 6. The van der Waals surface area contributed by atoms with E-state index in [1.807, 2.05) is 11.3 Å². The van der Waals surface area contributed by atoms with Crippen LogP contribution in [-0.2, 0) is 0 Å². The van der Waals surface area contributed by atoms with Crippen molar-refractivity contribution in [3.63, 3.8) is 0 Å². The average molecular weight is 638 g/mol. The van der Waals surface area contributed by atoms with E-state index >= 15 is 0 Å². The molecule has 2 heteroatoms. The topological polar surface area (TPSA) is 3.24 Å². The van der Waals surface area contributed by atoms with Crippen LogP contribution in [0.4, 0.5) is 17.1 Å². The Kier molecular flexibility index (Phi) is 6.79. The molecule has 0 atom stereocenters. The number of fused-ring (bicyclic) bond motifs is 3. The van der Waals surface area contributed by atoms with Crippen molar-refractivity contribution in [1.29, 1.82) is 0 Å². The third-order valence-corrected chi connectivity index (χ3v) is 12.9. The zero-order chi connectivity index (χ0) is 31.6. The molecule has 234 valence electrons. The maximum atomic E-state index is 2.53. The van der Waals surface area contributed by atoms with Gasteiger partial charge in [0.05, 0.1) is 0 Å². The Hall–Kier alpha value is -4.66. The molecule has 0 saturated heterocycles. The summed E-state index contributed by atoms with van der Waals surface area (Å²) < 4.78 is 2.65. The third-order valence-electron chi connectivity index (χ3n) is 11.8. The molecule has 4 aliphatic carbocycles. The number of thiophene rings is 1. The van der Waals surface area contributed by atoms with Gasteiger partial charge >= 0.3 is 0 Å². The lowest BCUT2D eigenvalue weighted by molar-refractivity contribution is -0.00276.